The number of rotatable bonds is 7. The maximum atomic E-state index is 6.05. The van der Waals surface area contributed by atoms with E-state index in [2.05, 4.69) is 22.1 Å². The standard InChI is InChI=1S/C21H28N4O.HI/c1-17(16-25-12-5-6-13-25)15-23-21(22)24-18-8-7-11-20(14-18)26-19-9-3-2-4-10-19;/h2-4,7-11,14,17H,5-6,12-13,15-16H2,1H3,(H3,22,23,24);1H. The van der Waals surface area contributed by atoms with Crippen molar-refractivity contribution in [1.82, 2.24) is 4.90 Å². The van der Waals surface area contributed by atoms with Crippen LogP contribution in [0.4, 0.5) is 5.69 Å². The van der Waals surface area contributed by atoms with Gasteiger partial charge in [-0.3, -0.25) is 4.99 Å². The van der Waals surface area contributed by atoms with Gasteiger partial charge in [0, 0.05) is 24.8 Å². The number of nitrogens with one attached hydrogen (secondary N) is 1. The van der Waals surface area contributed by atoms with Crippen LogP contribution in [0.15, 0.2) is 59.6 Å². The molecule has 3 N–H and O–H groups in total. The van der Waals surface area contributed by atoms with E-state index in [-0.39, 0.29) is 24.0 Å². The highest BCUT2D eigenvalue weighted by atomic mass is 127. The van der Waals surface area contributed by atoms with Crippen LogP contribution in [0.2, 0.25) is 0 Å². The summed E-state index contributed by atoms with van der Waals surface area (Å²) in [4.78, 5) is 7.00. The smallest absolute Gasteiger partial charge is 0.193 e. The summed E-state index contributed by atoms with van der Waals surface area (Å²) < 4.78 is 5.85. The first kappa shape index (κ1) is 21.5. The molecule has 1 atom stereocenters. The minimum absolute atomic E-state index is 0. The van der Waals surface area contributed by atoms with Gasteiger partial charge in [0.25, 0.3) is 0 Å². The molecule has 0 radical (unpaired) electrons. The highest BCUT2D eigenvalue weighted by molar-refractivity contribution is 14.0. The third-order valence-electron chi connectivity index (χ3n) is 4.43. The van der Waals surface area contributed by atoms with E-state index >= 15 is 0 Å². The maximum Gasteiger partial charge on any atom is 0.193 e. The first-order chi connectivity index (χ1) is 12.7. The highest BCUT2D eigenvalue weighted by Gasteiger charge is 2.14. The van der Waals surface area contributed by atoms with Crippen LogP contribution in [0.5, 0.6) is 11.5 Å². The number of nitrogens with two attached hydrogens (primary N) is 1. The second-order valence-corrected chi connectivity index (χ2v) is 6.91. The van der Waals surface area contributed by atoms with Crippen molar-refractivity contribution < 1.29 is 4.74 Å². The summed E-state index contributed by atoms with van der Waals surface area (Å²) in [6.45, 7) is 6.49. The molecule has 1 aliphatic rings. The largest absolute Gasteiger partial charge is 0.457 e. The molecule has 146 valence electrons. The Labute approximate surface area is 179 Å². The Morgan fingerprint density at radius 2 is 1.81 bits per heavy atom. The van der Waals surface area contributed by atoms with Gasteiger partial charge in [0.1, 0.15) is 11.5 Å². The van der Waals surface area contributed by atoms with Crippen LogP contribution in [0.25, 0.3) is 0 Å². The Hall–Kier alpha value is -1.80. The number of para-hydroxylation sites is 1. The molecule has 0 saturated carbocycles. The normalized spacial score (nSPS) is 15.8. The molecule has 1 saturated heterocycles. The quantitative estimate of drug-likeness (QED) is 0.347. The van der Waals surface area contributed by atoms with E-state index in [1.807, 2.05) is 54.6 Å². The fourth-order valence-corrected chi connectivity index (χ4v) is 3.17. The number of hydrogen-bond donors (Lipinski definition) is 2. The molecular weight excluding hydrogens is 451 g/mol. The molecule has 0 bridgehead atoms. The molecule has 0 aromatic heterocycles. The van der Waals surface area contributed by atoms with Crippen molar-refractivity contribution >= 4 is 35.6 Å². The lowest BCUT2D eigenvalue weighted by atomic mass is 10.2. The first-order valence-electron chi connectivity index (χ1n) is 9.31. The number of hydrogen-bond acceptors (Lipinski definition) is 3. The number of nitrogens with zero attached hydrogens (tertiary/aromatic N) is 2. The molecular formula is C21H29IN4O. The van der Waals surface area contributed by atoms with E-state index in [1.54, 1.807) is 0 Å². The lowest BCUT2D eigenvalue weighted by molar-refractivity contribution is 0.292. The van der Waals surface area contributed by atoms with E-state index in [9.17, 15) is 0 Å². The third-order valence-corrected chi connectivity index (χ3v) is 4.43. The van der Waals surface area contributed by atoms with Crippen LogP contribution in [0, 0.1) is 5.92 Å². The predicted octanol–water partition coefficient (Wildman–Crippen LogP) is 4.56. The van der Waals surface area contributed by atoms with Crippen molar-refractivity contribution in [2.45, 2.75) is 19.8 Å². The Bertz CT molecular complexity index is 717. The number of guanidine groups is 1. The van der Waals surface area contributed by atoms with Crippen molar-refractivity contribution in [3.8, 4) is 11.5 Å². The molecule has 2 aromatic rings. The van der Waals surface area contributed by atoms with Gasteiger partial charge in [0.15, 0.2) is 5.96 Å². The average Bonchev–Trinajstić information content (AvgIpc) is 3.14. The molecule has 27 heavy (non-hydrogen) atoms. The lowest BCUT2D eigenvalue weighted by Gasteiger charge is -2.18. The van der Waals surface area contributed by atoms with Gasteiger partial charge in [0.2, 0.25) is 0 Å². The monoisotopic (exact) mass is 480 g/mol. The topological polar surface area (TPSA) is 62.9 Å². The SMILES string of the molecule is CC(CN=C(N)Nc1cccc(Oc2ccccc2)c1)CN1CCCC1.I. The molecule has 5 nitrogen and oxygen atoms in total. The average molecular weight is 480 g/mol. The van der Waals surface area contributed by atoms with Gasteiger partial charge in [-0.2, -0.15) is 0 Å². The van der Waals surface area contributed by atoms with Crippen molar-refractivity contribution in [2.75, 3.05) is 31.5 Å². The summed E-state index contributed by atoms with van der Waals surface area (Å²) in [5.41, 5.74) is 6.92. The summed E-state index contributed by atoms with van der Waals surface area (Å²) in [6.07, 6.45) is 2.64. The second-order valence-electron chi connectivity index (χ2n) is 6.91. The van der Waals surface area contributed by atoms with Gasteiger partial charge in [0.05, 0.1) is 0 Å². The van der Waals surface area contributed by atoms with E-state index in [1.165, 1.54) is 25.9 Å². The summed E-state index contributed by atoms with van der Waals surface area (Å²) in [5, 5.41) is 3.15. The van der Waals surface area contributed by atoms with Gasteiger partial charge in [-0.25, -0.2) is 0 Å². The van der Waals surface area contributed by atoms with E-state index < -0.39 is 0 Å². The molecule has 1 aliphatic heterocycles. The Morgan fingerprint density at radius 3 is 2.56 bits per heavy atom. The lowest BCUT2D eigenvalue weighted by Crippen LogP contribution is -2.28. The van der Waals surface area contributed by atoms with E-state index in [0.29, 0.717) is 11.9 Å². The molecule has 1 fully saturated rings. The van der Waals surface area contributed by atoms with Gasteiger partial charge >= 0.3 is 0 Å². The molecule has 0 amide bonds. The molecule has 0 aliphatic carbocycles. The zero-order chi connectivity index (χ0) is 18.2. The van der Waals surface area contributed by atoms with Crippen molar-refractivity contribution in [2.24, 2.45) is 16.6 Å². The number of likely N-dealkylation sites (tertiary alicyclic amines) is 1. The van der Waals surface area contributed by atoms with Crippen molar-refractivity contribution in [3.05, 3.63) is 54.6 Å². The zero-order valence-electron chi connectivity index (χ0n) is 15.8. The Kier molecular flexibility index (Phi) is 8.87. The molecule has 1 unspecified atom stereocenters. The predicted molar refractivity (Wildman–Crippen MR) is 123 cm³/mol. The van der Waals surface area contributed by atoms with Gasteiger partial charge in [-0.1, -0.05) is 31.2 Å². The number of aliphatic imine (C=N–C) groups is 1. The Balaban J connectivity index is 0.00000261. The van der Waals surface area contributed by atoms with Crippen LogP contribution < -0.4 is 15.8 Å². The van der Waals surface area contributed by atoms with Crippen molar-refractivity contribution in [3.63, 3.8) is 0 Å². The fraction of sp³-hybridized carbons (Fsp3) is 0.381. The van der Waals surface area contributed by atoms with E-state index in [0.717, 1.165) is 30.3 Å². The minimum Gasteiger partial charge on any atom is -0.457 e. The van der Waals surface area contributed by atoms with Crippen LogP contribution >= 0.6 is 24.0 Å². The number of ether oxygens (including phenoxy) is 1. The summed E-state index contributed by atoms with van der Waals surface area (Å²) in [5.74, 6) is 2.51. The second kappa shape index (κ2) is 11.1. The molecule has 3 rings (SSSR count). The summed E-state index contributed by atoms with van der Waals surface area (Å²) in [7, 11) is 0. The number of benzene rings is 2. The van der Waals surface area contributed by atoms with E-state index in [4.69, 9.17) is 10.5 Å². The molecule has 0 spiro atoms. The van der Waals surface area contributed by atoms with Crippen LogP contribution in [-0.4, -0.2) is 37.0 Å². The third kappa shape index (κ3) is 7.38. The van der Waals surface area contributed by atoms with Crippen LogP contribution in [-0.2, 0) is 0 Å². The van der Waals surface area contributed by atoms with Gasteiger partial charge < -0.3 is 20.7 Å². The number of anilines is 1. The fourth-order valence-electron chi connectivity index (χ4n) is 3.17. The first-order valence-corrected chi connectivity index (χ1v) is 9.31. The summed E-state index contributed by atoms with van der Waals surface area (Å²) in [6, 6.07) is 17.4. The maximum absolute atomic E-state index is 6.05. The molecule has 1 heterocycles. The number of halogens is 1. The van der Waals surface area contributed by atoms with Crippen LogP contribution in [0.1, 0.15) is 19.8 Å². The van der Waals surface area contributed by atoms with Gasteiger partial charge in [-0.15, -0.1) is 24.0 Å². The van der Waals surface area contributed by atoms with Crippen molar-refractivity contribution in [1.29, 1.82) is 0 Å². The zero-order valence-corrected chi connectivity index (χ0v) is 18.1. The molecule has 2 aromatic carbocycles. The summed E-state index contributed by atoms with van der Waals surface area (Å²) >= 11 is 0. The van der Waals surface area contributed by atoms with Gasteiger partial charge in [-0.05, 0) is 56.1 Å². The molecule has 6 heteroatoms. The van der Waals surface area contributed by atoms with Crippen LogP contribution in [0.3, 0.4) is 0 Å². The highest BCUT2D eigenvalue weighted by Crippen LogP contribution is 2.23. The minimum atomic E-state index is 0. The Morgan fingerprint density at radius 1 is 1.11 bits per heavy atom.